The maximum Gasteiger partial charge on any atom is 0.321 e. The van der Waals surface area contributed by atoms with Gasteiger partial charge in [0.05, 0.1) is 5.69 Å². The average Bonchev–Trinajstić information content (AvgIpc) is 2.98. The maximum absolute atomic E-state index is 13.6. The molecule has 0 aromatic heterocycles. The molecule has 1 N–H and O–H groups in total. The summed E-state index contributed by atoms with van der Waals surface area (Å²) in [5.41, 5.74) is 0.332. The zero-order valence-electron chi connectivity index (χ0n) is 13.0. The summed E-state index contributed by atoms with van der Waals surface area (Å²) in [6.45, 7) is 3.55. The first-order valence-corrected chi connectivity index (χ1v) is 7.70. The van der Waals surface area contributed by atoms with E-state index in [-0.39, 0.29) is 6.03 Å². The van der Waals surface area contributed by atoms with Gasteiger partial charge in [0.1, 0.15) is 11.6 Å². The molecule has 0 saturated carbocycles. The highest BCUT2D eigenvalue weighted by Crippen LogP contribution is 2.30. The van der Waals surface area contributed by atoms with Gasteiger partial charge in [0.15, 0.2) is 5.75 Å². The highest BCUT2D eigenvalue weighted by atomic mass is 19.1. The van der Waals surface area contributed by atoms with E-state index in [0.29, 0.717) is 23.1 Å². The topological polar surface area (TPSA) is 41.6 Å². The van der Waals surface area contributed by atoms with Crippen molar-refractivity contribution in [1.82, 2.24) is 4.90 Å². The van der Waals surface area contributed by atoms with Crippen LogP contribution in [-0.2, 0) is 0 Å². The van der Waals surface area contributed by atoms with Gasteiger partial charge in [-0.25, -0.2) is 9.18 Å². The SMILES string of the molecule is CC1CCN(C(=O)Nc2cc(F)ccc2Oc2ccccc2)C1. The van der Waals surface area contributed by atoms with E-state index in [1.807, 2.05) is 18.2 Å². The molecule has 1 atom stereocenters. The van der Waals surface area contributed by atoms with E-state index in [1.165, 1.54) is 18.2 Å². The minimum Gasteiger partial charge on any atom is -0.455 e. The summed E-state index contributed by atoms with van der Waals surface area (Å²) < 4.78 is 19.3. The Morgan fingerprint density at radius 1 is 1.26 bits per heavy atom. The molecule has 1 fully saturated rings. The number of carbonyl (C=O) groups is 1. The van der Waals surface area contributed by atoms with E-state index in [4.69, 9.17) is 4.74 Å². The second-order valence-electron chi connectivity index (χ2n) is 5.83. The molecular formula is C18H19FN2O2. The largest absolute Gasteiger partial charge is 0.455 e. The summed E-state index contributed by atoms with van der Waals surface area (Å²) in [5, 5.41) is 2.76. The molecule has 0 spiro atoms. The van der Waals surface area contributed by atoms with Crippen molar-refractivity contribution in [1.29, 1.82) is 0 Å². The van der Waals surface area contributed by atoms with Crippen LogP contribution in [0.5, 0.6) is 11.5 Å². The number of benzene rings is 2. The van der Waals surface area contributed by atoms with Crippen LogP contribution in [0, 0.1) is 11.7 Å². The maximum atomic E-state index is 13.6. The minimum absolute atomic E-state index is 0.224. The van der Waals surface area contributed by atoms with Crippen molar-refractivity contribution in [2.45, 2.75) is 13.3 Å². The van der Waals surface area contributed by atoms with Crippen LogP contribution in [0.2, 0.25) is 0 Å². The molecule has 3 rings (SSSR count). The van der Waals surface area contributed by atoms with Crippen LogP contribution in [0.15, 0.2) is 48.5 Å². The number of carbonyl (C=O) groups excluding carboxylic acids is 1. The first-order chi connectivity index (χ1) is 11.1. The number of halogens is 1. The number of rotatable bonds is 3. The normalized spacial score (nSPS) is 17.1. The van der Waals surface area contributed by atoms with Crippen LogP contribution < -0.4 is 10.1 Å². The Kier molecular flexibility index (Phi) is 4.46. The molecule has 1 heterocycles. The summed E-state index contributed by atoms with van der Waals surface area (Å²) in [4.78, 5) is 14.1. The highest BCUT2D eigenvalue weighted by molar-refractivity contribution is 5.91. The third kappa shape index (κ3) is 3.80. The van der Waals surface area contributed by atoms with E-state index in [9.17, 15) is 9.18 Å². The van der Waals surface area contributed by atoms with Crippen molar-refractivity contribution in [3.05, 3.63) is 54.3 Å². The van der Waals surface area contributed by atoms with Gasteiger partial charge in [0.2, 0.25) is 0 Å². The smallest absolute Gasteiger partial charge is 0.321 e. The second kappa shape index (κ2) is 6.69. The number of nitrogens with zero attached hydrogens (tertiary/aromatic N) is 1. The number of para-hydroxylation sites is 1. The minimum atomic E-state index is -0.421. The van der Waals surface area contributed by atoms with Gasteiger partial charge in [-0.1, -0.05) is 25.1 Å². The summed E-state index contributed by atoms with van der Waals surface area (Å²) >= 11 is 0. The molecule has 2 aromatic rings. The number of amides is 2. The van der Waals surface area contributed by atoms with E-state index in [2.05, 4.69) is 12.2 Å². The molecular weight excluding hydrogens is 295 g/mol. The van der Waals surface area contributed by atoms with Crippen LogP contribution in [0.3, 0.4) is 0 Å². The molecule has 5 heteroatoms. The van der Waals surface area contributed by atoms with Gasteiger partial charge in [0, 0.05) is 19.2 Å². The van der Waals surface area contributed by atoms with Gasteiger partial charge >= 0.3 is 6.03 Å². The average molecular weight is 314 g/mol. The zero-order valence-corrected chi connectivity index (χ0v) is 13.0. The molecule has 23 heavy (non-hydrogen) atoms. The molecule has 4 nitrogen and oxygen atoms in total. The summed E-state index contributed by atoms with van der Waals surface area (Å²) in [5.74, 6) is 1.12. The van der Waals surface area contributed by atoms with Gasteiger partial charge in [0.25, 0.3) is 0 Å². The third-order valence-electron chi connectivity index (χ3n) is 3.87. The first-order valence-electron chi connectivity index (χ1n) is 7.70. The number of ether oxygens (including phenoxy) is 1. The molecule has 2 aromatic carbocycles. The Hall–Kier alpha value is -2.56. The Labute approximate surface area is 134 Å². The Balaban J connectivity index is 1.77. The standard InChI is InChI=1S/C18H19FN2O2/c1-13-9-10-21(12-13)18(22)20-16-11-14(19)7-8-17(16)23-15-5-3-2-4-6-15/h2-8,11,13H,9-10,12H2,1H3,(H,20,22). The molecule has 1 saturated heterocycles. The molecule has 120 valence electrons. The van der Waals surface area contributed by atoms with Gasteiger partial charge in [-0.05, 0) is 36.6 Å². The van der Waals surface area contributed by atoms with Crippen LogP contribution in [0.1, 0.15) is 13.3 Å². The lowest BCUT2D eigenvalue weighted by molar-refractivity contribution is 0.221. The predicted molar refractivity (Wildman–Crippen MR) is 87.3 cm³/mol. The van der Waals surface area contributed by atoms with Crippen LogP contribution in [-0.4, -0.2) is 24.0 Å². The molecule has 0 bridgehead atoms. The summed E-state index contributed by atoms with van der Waals surface area (Å²) in [7, 11) is 0. The number of hydrogen-bond donors (Lipinski definition) is 1. The molecule has 0 aliphatic carbocycles. The summed E-state index contributed by atoms with van der Waals surface area (Å²) in [6.07, 6.45) is 0.990. The summed E-state index contributed by atoms with van der Waals surface area (Å²) in [6, 6.07) is 13.1. The van der Waals surface area contributed by atoms with Crippen LogP contribution in [0.25, 0.3) is 0 Å². The Morgan fingerprint density at radius 2 is 2.04 bits per heavy atom. The van der Waals surface area contributed by atoms with E-state index >= 15 is 0 Å². The fraction of sp³-hybridized carbons (Fsp3) is 0.278. The van der Waals surface area contributed by atoms with Crippen molar-refractivity contribution in [2.75, 3.05) is 18.4 Å². The van der Waals surface area contributed by atoms with Gasteiger partial charge in [-0.2, -0.15) is 0 Å². The first kappa shape index (κ1) is 15.3. The van der Waals surface area contributed by atoms with Crippen molar-refractivity contribution in [2.24, 2.45) is 5.92 Å². The van der Waals surface area contributed by atoms with Crippen molar-refractivity contribution < 1.29 is 13.9 Å². The lowest BCUT2D eigenvalue weighted by atomic mass is 10.2. The fourth-order valence-electron chi connectivity index (χ4n) is 2.62. The number of hydrogen-bond acceptors (Lipinski definition) is 2. The fourth-order valence-corrected chi connectivity index (χ4v) is 2.62. The quantitative estimate of drug-likeness (QED) is 0.907. The monoisotopic (exact) mass is 314 g/mol. The lowest BCUT2D eigenvalue weighted by Crippen LogP contribution is -2.32. The predicted octanol–water partition coefficient (Wildman–Crippen LogP) is 4.49. The molecule has 0 radical (unpaired) electrons. The third-order valence-corrected chi connectivity index (χ3v) is 3.87. The molecule has 1 unspecified atom stereocenters. The van der Waals surface area contributed by atoms with E-state index in [0.717, 1.165) is 19.5 Å². The van der Waals surface area contributed by atoms with Gasteiger partial charge in [-0.15, -0.1) is 0 Å². The van der Waals surface area contributed by atoms with Crippen LogP contribution >= 0.6 is 0 Å². The van der Waals surface area contributed by atoms with Crippen molar-refractivity contribution in [3.8, 4) is 11.5 Å². The molecule has 1 aliphatic heterocycles. The molecule has 2 amide bonds. The van der Waals surface area contributed by atoms with Crippen molar-refractivity contribution in [3.63, 3.8) is 0 Å². The number of likely N-dealkylation sites (tertiary alicyclic amines) is 1. The Morgan fingerprint density at radius 3 is 2.74 bits per heavy atom. The number of nitrogens with one attached hydrogen (secondary N) is 1. The van der Waals surface area contributed by atoms with Crippen molar-refractivity contribution >= 4 is 11.7 Å². The van der Waals surface area contributed by atoms with E-state index < -0.39 is 5.82 Å². The lowest BCUT2D eigenvalue weighted by Gasteiger charge is -2.18. The zero-order chi connectivity index (χ0) is 16.2. The highest BCUT2D eigenvalue weighted by Gasteiger charge is 2.24. The van der Waals surface area contributed by atoms with Gasteiger partial charge in [-0.3, -0.25) is 0 Å². The number of anilines is 1. The second-order valence-corrected chi connectivity index (χ2v) is 5.83. The molecule has 1 aliphatic rings. The van der Waals surface area contributed by atoms with E-state index in [1.54, 1.807) is 17.0 Å². The Bertz CT molecular complexity index is 691. The van der Waals surface area contributed by atoms with Gasteiger partial charge < -0.3 is 15.0 Å². The number of urea groups is 1. The van der Waals surface area contributed by atoms with Crippen LogP contribution in [0.4, 0.5) is 14.9 Å².